The summed E-state index contributed by atoms with van der Waals surface area (Å²) in [6.45, 7) is 0.0690. The summed E-state index contributed by atoms with van der Waals surface area (Å²) < 4.78 is 58.5. The predicted molar refractivity (Wildman–Crippen MR) is 131 cm³/mol. The summed E-state index contributed by atoms with van der Waals surface area (Å²) in [5.74, 6) is -2.30. The van der Waals surface area contributed by atoms with Gasteiger partial charge in [0.05, 0.1) is 29.1 Å². The number of rotatable bonds is 10. The van der Waals surface area contributed by atoms with Crippen molar-refractivity contribution >= 4 is 51.8 Å². The molecule has 35 heavy (non-hydrogen) atoms. The summed E-state index contributed by atoms with van der Waals surface area (Å²) in [7, 11) is 1.58. The lowest BCUT2D eigenvalue weighted by molar-refractivity contribution is 0.102. The molecule has 3 aromatic rings. The van der Waals surface area contributed by atoms with Gasteiger partial charge in [-0.3, -0.25) is 9.00 Å². The van der Waals surface area contributed by atoms with Gasteiger partial charge in [0.25, 0.3) is 5.91 Å². The quantitative estimate of drug-likeness (QED) is 0.206. The van der Waals surface area contributed by atoms with E-state index in [9.17, 15) is 22.3 Å². The van der Waals surface area contributed by atoms with E-state index in [1.807, 2.05) is 24.3 Å². The van der Waals surface area contributed by atoms with Gasteiger partial charge in [-0.05, 0) is 55.2 Å². The molecule has 1 heterocycles. The van der Waals surface area contributed by atoms with E-state index >= 15 is 0 Å². The fraction of sp³-hybridized carbons (Fsp3) is 0.217. The first-order valence-electron chi connectivity index (χ1n) is 10.3. The highest BCUT2D eigenvalue weighted by Crippen LogP contribution is 2.36. The van der Waals surface area contributed by atoms with Crippen LogP contribution < -0.4 is 14.4 Å². The monoisotopic (exact) mass is 542 g/mol. The summed E-state index contributed by atoms with van der Waals surface area (Å²) in [4.78, 5) is 16.0. The number of nitrogens with zero attached hydrogens (tertiary/aromatic N) is 2. The molecule has 1 N–H and O–H groups in total. The smallest absolute Gasteiger partial charge is 0.258 e. The minimum Gasteiger partial charge on any atom is -0.755 e. The van der Waals surface area contributed by atoms with Crippen molar-refractivity contribution in [2.24, 2.45) is 0 Å². The first-order chi connectivity index (χ1) is 16.7. The normalized spacial score (nSPS) is 11.7. The third-order valence-electron chi connectivity index (χ3n) is 5.08. The number of amides is 1. The van der Waals surface area contributed by atoms with Crippen LogP contribution in [0.5, 0.6) is 5.75 Å². The molecule has 0 saturated carbocycles. The molecule has 0 saturated heterocycles. The number of nitrogens with one attached hydrogen (secondary N) is 1. The molecule has 3 rings (SSSR count). The topological polar surface area (TPSA) is 94.6 Å². The van der Waals surface area contributed by atoms with Gasteiger partial charge in [-0.2, -0.15) is 0 Å². The number of pyridine rings is 1. The Morgan fingerprint density at radius 1 is 1.14 bits per heavy atom. The van der Waals surface area contributed by atoms with Crippen molar-refractivity contribution in [3.05, 3.63) is 81.6 Å². The van der Waals surface area contributed by atoms with Crippen LogP contribution in [0.15, 0.2) is 48.7 Å². The van der Waals surface area contributed by atoms with Gasteiger partial charge in [-0.1, -0.05) is 35.3 Å². The molecule has 1 amide bonds. The highest BCUT2D eigenvalue weighted by molar-refractivity contribution is 7.80. The Hall–Kier alpha value is -2.79. The molecule has 1 unspecified atom stereocenters. The number of carbonyl (C=O) groups excluding carboxylic acids is 1. The summed E-state index contributed by atoms with van der Waals surface area (Å²) in [6, 6.07) is 10.7. The summed E-state index contributed by atoms with van der Waals surface area (Å²) in [5, 5.41) is 1.31. The van der Waals surface area contributed by atoms with Crippen molar-refractivity contribution in [2.45, 2.75) is 19.3 Å². The van der Waals surface area contributed by atoms with Gasteiger partial charge in [0.15, 0.2) is 11.0 Å². The maximum atomic E-state index is 14.5. The maximum Gasteiger partial charge on any atom is 0.258 e. The second-order valence-corrected chi connectivity index (χ2v) is 8.91. The third kappa shape index (κ3) is 6.66. The SMILES string of the molecule is COc1ccc(CCCCN(c2ccc(F)c(NC(=O)c3ccnc(Cl)c3F)c2Cl)S(=O)[O-])cc1. The second-order valence-electron chi connectivity index (χ2n) is 7.30. The van der Waals surface area contributed by atoms with Crippen LogP contribution in [0.3, 0.4) is 0 Å². The first-order valence-corrected chi connectivity index (χ1v) is 12.1. The number of ether oxygens (including phenoxy) is 1. The van der Waals surface area contributed by atoms with Crippen LogP contribution in [0.4, 0.5) is 20.2 Å². The average molecular weight is 543 g/mol. The fourth-order valence-corrected chi connectivity index (χ4v) is 4.38. The van der Waals surface area contributed by atoms with Crippen LogP contribution in [0, 0.1) is 11.6 Å². The Kier molecular flexibility index (Phi) is 9.39. The Morgan fingerprint density at radius 2 is 1.86 bits per heavy atom. The zero-order chi connectivity index (χ0) is 25.5. The highest BCUT2D eigenvalue weighted by Gasteiger charge is 2.22. The van der Waals surface area contributed by atoms with Crippen LogP contribution in [0.1, 0.15) is 28.8 Å². The maximum absolute atomic E-state index is 14.5. The van der Waals surface area contributed by atoms with Crippen LogP contribution >= 0.6 is 23.2 Å². The molecule has 0 bridgehead atoms. The number of aromatic nitrogens is 1. The summed E-state index contributed by atoms with van der Waals surface area (Å²) in [6.07, 6.45) is 2.98. The molecule has 0 fully saturated rings. The molecule has 0 aliphatic heterocycles. The number of hydrogen-bond donors (Lipinski definition) is 1. The number of carbonyl (C=O) groups is 1. The number of benzene rings is 2. The molecule has 0 aliphatic carbocycles. The van der Waals surface area contributed by atoms with Crippen molar-refractivity contribution < 1.29 is 27.1 Å². The summed E-state index contributed by atoms with van der Waals surface area (Å²) in [5.41, 5.74) is 0.0621. The van der Waals surface area contributed by atoms with Gasteiger partial charge in [0.2, 0.25) is 0 Å². The number of unbranched alkanes of at least 4 members (excludes halogenated alkanes) is 1. The highest BCUT2D eigenvalue weighted by atomic mass is 35.5. The predicted octanol–water partition coefficient (Wildman–Crippen LogP) is 5.55. The minimum absolute atomic E-state index is 0.0330. The van der Waals surface area contributed by atoms with Gasteiger partial charge >= 0.3 is 0 Å². The van der Waals surface area contributed by atoms with Crippen LogP contribution in [-0.2, 0) is 17.7 Å². The molecule has 186 valence electrons. The Bertz CT molecular complexity index is 1230. The number of hydrogen-bond acceptors (Lipinski definition) is 5. The lowest BCUT2D eigenvalue weighted by atomic mass is 10.1. The molecule has 0 aliphatic rings. The minimum atomic E-state index is -2.73. The van der Waals surface area contributed by atoms with Gasteiger partial charge < -0.3 is 18.9 Å². The van der Waals surface area contributed by atoms with Crippen molar-refractivity contribution in [1.82, 2.24) is 4.98 Å². The molecule has 1 aromatic heterocycles. The van der Waals surface area contributed by atoms with Gasteiger partial charge in [-0.15, -0.1) is 0 Å². The molecule has 0 spiro atoms. The lowest BCUT2D eigenvalue weighted by Gasteiger charge is -2.28. The van der Waals surface area contributed by atoms with Crippen LogP contribution in [0.2, 0.25) is 10.2 Å². The van der Waals surface area contributed by atoms with E-state index in [0.29, 0.717) is 19.3 Å². The third-order valence-corrected chi connectivity index (χ3v) is 6.47. The van der Waals surface area contributed by atoms with E-state index < -0.39 is 45.2 Å². The molecule has 12 heteroatoms. The second kappa shape index (κ2) is 12.3. The van der Waals surface area contributed by atoms with E-state index in [0.717, 1.165) is 33.9 Å². The van der Waals surface area contributed by atoms with Crippen LogP contribution in [0.25, 0.3) is 0 Å². The van der Waals surface area contributed by atoms with E-state index in [-0.39, 0.29) is 17.3 Å². The Balaban J connectivity index is 1.73. The van der Waals surface area contributed by atoms with E-state index in [1.165, 1.54) is 6.07 Å². The molecule has 1 atom stereocenters. The van der Waals surface area contributed by atoms with Gasteiger partial charge in [0.1, 0.15) is 11.6 Å². The lowest BCUT2D eigenvalue weighted by Crippen LogP contribution is -2.27. The zero-order valence-electron chi connectivity index (χ0n) is 18.4. The summed E-state index contributed by atoms with van der Waals surface area (Å²) >= 11 is 9.14. The van der Waals surface area contributed by atoms with E-state index in [2.05, 4.69) is 10.3 Å². The number of anilines is 2. The van der Waals surface area contributed by atoms with Crippen molar-refractivity contribution in [1.29, 1.82) is 0 Å². The number of halogens is 4. The van der Waals surface area contributed by atoms with Crippen molar-refractivity contribution in [3.63, 3.8) is 0 Å². The van der Waals surface area contributed by atoms with E-state index in [4.69, 9.17) is 27.9 Å². The number of aryl methyl sites for hydroxylation is 1. The molecule has 7 nitrogen and oxygen atoms in total. The van der Waals surface area contributed by atoms with Gasteiger partial charge in [0, 0.05) is 24.0 Å². The number of methoxy groups -OCH3 is 1. The molecule has 2 aromatic carbocycles. The molecular formula is C23H20Cl2F2N3O4S-. The molecular weight excluding hydrogens is 523 g/mol. The fourth-order valence-electron chi connectivity index (χ4n) is 3.28. The van der Waals surface area contributed by atoms with Gasteiger partial charge in [-0.25, -0.2) is 13.8 Å². The Labute approximate surface area is 213 Å². The Morgan fingerprint density at radius 3 is 2.51 bits per heavy atom. The van der Waals surface area contributed by atoms with Crippen LogP contribution in [-0.4, -0.2) is 33.3 Å². The zero-order valence-corrected chi connectivity index (χ0v) is 20.7. The molecule has 0 radical (unpaired) electrons. The largest absolute Gasteiger partial charge is 0.755 e. The van der Waals surface area contributed by atoms with Crippen molar-refractivity contribution in [2.75, 3.05) is 23.3 Å². The van der Waals surface area contributed by atoms with Crippen molar-refractivity contribution in [3.8, 4) is 5.75 Å². The average Bonchev–Trinajstić information content (AvgIpc) is 2.84. The first kappa shape index (κ1) is 26.8. The van der Waals surface area contributed by atoms with E-state index in [1.54, 1.807) is 7.11 Å². The standard InChI is InChI=1S/C23H21Cl2F2N3O4S/c1-34-15-7-5-14(6-8-15)4-2-3-13-30(35(32)33)18-10-9-17(26)21(19(18)24)29-23(31)16-11-12-28-22(25)20(16)27/h5-12H,2-4,13H2,1H3,(H,29,31)(H,32,33)/p-1.